The van der Waals surface area contributed by atoms with Crippen LogP contribution in [0.1, 0.15) is 49.7 Å². The van der Waals surface area contributed by atoms with E-state index in [1.54, 1.807) is 24.3 Å². The summed E-state index contributed by atoms with van der Waals surface area (Å²) in [4.78, 5) is 27.4. The van der Waals surface area contributed by atoms with E-state index in [1.165, 1.54) is 11.0 Å². The van der Waals surface area contributed by atoms with Gasteiger partial charge in [-0.1, -0.05) is 35.9 Å². The number of carbonyl (C=O) groups excluding carboxylic acids is 2. The largest absolute Gasteiger partial charge is 0.417 e. The van der Waals surface area contributed by atoms with Crippen LogP contribution >= 0.6 is 11.6 Å². The molecule has 0 radical (unpaired) electrons. The van der Waals surface area contributed by atoms with Crippen LogP contribution < -0.4 is 5.32 Å². The van der Waals surface area contributed by atoms with E-state index in [2.05, 4.69) is 5.32 Å². The van der Waals surface area contributed by atoms with E-state index in [1.807, 2.05) is 6.07 Å². The first-order valence-corrected chi connectivity index (χ1v) is 14.5. The first kappa shape index (κ1) is 28.9. The Morgan fingerprint density at radius 1 is 1.10 bits per heavy atom. The average molecular weight is 582 g/mol. The zero-order chi connectivity index (χ0) is 28.4. The van der Waals surface area contributed by atoms with Gasteiger partial charge in [-0.25, -0.2) is 8.42 Å². The molecular formula is C27H27ClF3N3O4S. The number of likely N-dealkylation sites (tertiary alicyclic amines) is 1. The summed E-state index contributed by atoms with van der Waals surface area (Å²) in [5, 5.41) is 10.5. The van der Waals surface area contributed by atoms with Gasteiger partial charge >= 0.3 is 6.18 Å². The average Bonchev–Trinajstić information content (AvgIpc) is 3.58. The molecule has 2 aromatic rings. The molecule has 1 heterocycles. The van der Waals surface area contributed by atoms with Crippen LogP contribution in [0.3, 0.4) is 0 Å². The number of nitriles is 1. The van der Waals surface area contributed by atoms with Gasteiger partial charge in [0.1, 0.15) is 6.04 Å². The molecule has 1 aliphatic heterocycles. The van der Waals surface area contributed by atoms with E-state index in [0.717, 1.165) is 12.1 Å². The summed E-state index contributed by atoms with van der Waals surface area (Å²) in [7, 11) is -4.56. The third kappa shape index (κ3) is 5.92. The fourth-order valence-corrected chi connectivity index (χ4v) is 7.11. The number of unbranched alkanes of at least 4 members (excludes halogenated alkanes) is 2. The van der Waals surface area contributed by atoms with Gasteiger partial charge in [-0.15, -0.1) is 0 Å². The van der Waals surface area contributed by atoms with Crippen LogP contribution in [0.25, 0.3) is 0 Å². The molecule has 0 unspecified atom stereocenters. The first-order chi connectivity index (χ1) is 18.4. The third-order valence-electron chi connectivity index (χ3n) is 7.33. The SMILES string of the molecule is N#CCCCCNC(=O)[C@@H]1C[C@@H](S(=O)(=O)c2ccccc2C(F)(F)F)CN1C(=O)C1(c2ccc(Cl)cc2)CC1. The second kappa shape index (κ2) is 11.2. The molecule has 0 aromatic heterocycles. The molecule has 2 atom stereocenters. The van der Waals surface area contributed by atoms with E-state index in [0.29, 0.717) is 48.8 Å². The van der Waals surface area contributed by atoms with Crippen LogP contribution in [0.5, 0.6) is 0 Å². The minimum atomic E-state index is -4.90. The molecule has 2 fully saturated rings. The molecule has 1 N–H and O–H groups in total. The van der Waals surface area contributed by atoms with Crippen molar-refractivity contribution < 1.29 is 31.2 Å². The van der Waals surface area contributed by atoms with Crippen molar-refractivity contribution >= 4 is 33.3 Å². The van der Waals surface area contributed by atoms with Crippen molar-refractivity contribution in [2.24, 2.45) is 0 Å². The van der Waals surface area contributed by atoms with Crippen LogP contribution in [0.2, 0.25) is 5.02 Å². The number of nitrogens with zero attached hydrogens (tertiary/aromatic N) is 2. The van der Waals surface area contributed by atoms with Crippen LogP contribution in [0.4, 0.5) is 13.2 Å². The molecule has 208 valence electrons. The fourth-order valence-electron chi connectivity index (χ4n) is 5.08. The van der Waals surface area contributed by atoms with Gasteiger partial charge in [0.25, 0.3) is 0 Å². The lowest BCUT2D eigenvalue weighted by atomic mass is 9.94. The molecule has 39 heavy (non-hydrogen) atoms. The maximum Gasteiger partial charge on any atom is 0.417 e. The number of halogens is 4. The predicted molar refractivity (Wildman–Crippen MR) is 137 cm³/mol. The Kier molecular flexibility index (Phi) is 8.28. The number of carbonyl (C=O) groups is 2. The molecule has 1 saturated carbocycles. The van der Waals surface area contributed by atoms with Crippen molar-refractivity contribution in [3.8, 4) is 6.07 Å². The van der Waals surface area contributed by atoms with Crippen LogP contribution in [0.15, 0.2) is 53.4 Å². The molecule has 7 nitrogen and oxygen atoms in total. The van der Waals surface area contributed by atoms with Gasteiger partial charge in [0.15, 0.2) is 9.84 Å². The maximum atomic E-state index is 13.9. The van der Waals surface area contributed by atoms with Crippen molar-refractivity contribution in [3.63, 3.8) is 0 Å². The molecule has 0 spiro atoms. The van der Waals surface area contributed by atoms with E-state index < -0.39 is 61.5 Å². The van der Waals surface area contributed by atoms with Gasteiger partial charge in [-0.3, -0.25) is 9.59 Å². The second-order valence-electron chi connectivity index (χ2n) is 9.87. The van der Waals surface area contributed by atoms with Gasteiger partial charge in [0.05, 0.1) is 27.2 Å². The lowest BCUT2D eigenvalue weighted by Gasteiger charge is -2.28. The Hall–Kier alpha value is -3.10. The second-order valence-corrected chi connectivity index (χ2v) is 12.5. The Labute approximate surface area is 229 Å². The Bertz CT molecular complexity index is 1390. The Morgan fingerprint density at radius 3 is 2.38 bits per heavy atom. The highest BCUT2D eigenvalue weighted by molar-refractivity contribution is 7.92. The van der Waals surface area contributed by atoms with Crippen molar-refractivity contribution in [2.75, 3.05) is 13.1 Å². The number of nitrogens with one attached hydrogen (secondary N) is 1. The molecule has 0 bridgehead atoms. The molecular weight excluding hydrogens is 555 g/mol. The first-order valence-electron chi connectivity index (χ1n) is 12.5. The number of benzene rings is 2. The normalized spacial score (nSPS) is 20.3. The van der Waals surface area contributed by atoms with Crippen LogP contribution in [0, 0.1) is 11.3 Å². The zero-order valence-electron chi connectivity index (χ0n) is 20.9. The van der Waals surface area contributed by atoms with Gasteiger partial charge in [0, 0.05) is 24.5 Å². The maximum absolute atomic E-state index is 13.9. The van der Waals surface area contributed by atoms with Gasteiger partial charge in [0.2, 0.25) is 11.8 Å². The molecule has 2 aliphatic rings. The molecule has 2 amide bonds. The zero-order valence-corrected chi connectivity index (χ0v) is 22.5. The number of sulfone groups is 1. The lowest BCUT2D eigenvalue weighted by molar-refractivity contribution is -0.140. The van der Waals surface area contributed by atoms with Crippen LogP contribution in [-0.4, -0.2) is 49.5 Å². The number of hydrogen-bond acceptors (Lipinski definition) is 5. The summed E-state index contributed by atoms with van der Waals surface area (Å²) in [6, 6.07) is 11.5. The van der Waals surface area contributed by atoms with E-state index in [-0.39, 0.29) is 13.0 Å². The van der Waals surface area contributed by atoms with Crippen molar-refractivity contribution in [3.05, 3.63) is 64.7 Å². The number of amides is 2. The Balaban J connectivity index is 1.64. The summed E-state index contributed by atoms with van der Waals surface area (Å²) in [5.41, 5.74) is -1.55. The summed E-state index contributed by atoms with van der Waals surface area (Å²) in [6.07, 6.45) is -2.88. The molecule has 2 aromatic carbocycles. The highest BCUT2D eigenvalue weighted by Gasteiger charge is 2.57. The number of rotatable bonds is 9. The summed E-state index contributed by atoms with van der Waals surface area (Å²) in [5.74, 6) is -1.01. The van der Waals surface area contributed by atoms with Crippen LogP contribution in [-0.2, 0) is 31.0 Å². The minimum Gasteiger partial charge on any atom is -0.354 e. The third-order valence-corrected chi connectivity index (χ3v) is 9.78. The standard InChI is InChI=1S/C27H27ClF3N3O4S/c28-19-10-8-18(9-11-19)26(12-13-26)25(36)34-17-20(16-22(34)24(35)33-15-5-1-4-14-32)39(37,38)23-7-3-2-6-21(23)27(29,30)31/h2-3,6-11,20,22H,1,4-5,12-13,15-17H2,(H,33,35)/t20-,22+/m1/s1. The molecule has 4 rings (SSSR count). The number of alkyl halides is 3. The van der Waals surface area contributed by atoms with E-state index in [9.17, 15) is 31.2 Å². The van der Waals surface area contributed by atoms with Gasteiger partial charge < -0.3 is 10.2 Å². The molecule has 12 heteroatoms. The lowest BCUT2D eigenvalue weighted by Crippen LogP contribution is -2.49. The van der Waals surface area contributed by atoms with Gasteiger partial charge in [-0.2, -0.15) is 18.4 Å². The molecule has 1 saturated heterocycles. The fraction of sp³-hybridized carbons (Fsp3) is 0.444. The van der Waals surface area contributed by atoms with Gasteiger partial charge in [-0.05, 0) is 61.9 Å². The van der Waals surface area contributed by atoms with Crippen molar-refractivity contribution in [1.29, 1.82) is 5.26 Å². The highest BCUT2D eigenvalue weighted by Crippen LogP contribution is 2.51. The molecule has 1 aliphatic carbocycles. The quantitative estimate of drug-likeness (QED) is 0.434. The van der Waals surface area contributed by atoms with Crippen molar-refractivity contribution in [2.45, 2.75) is 66.3 Å². The summed E-state index contributed by atoms with van der Waals surface area (Å²) in [6.45, 7) is -0.190. The summed E-state index contributed by atoms with van der Waals surface area (Å²) >= 11 is 5.99. The van der Waals surface area contributed by atoms with E-state index >= 15 is 0 Å². The summed E-state index contributed by atoms with van der Waals surface area (Å²) < 4.78 is 68.0. The Morgan fingerprint density at radius 2 is 1.77 bits per heavy atom. The predicted octanol–water partition coefficient (Wildman–Crippen LogP) is 4.64. The highest BCUT2D eigenvalue weighted by atomic mass is 35.5. The smallest absolute Gasteiger partial charge is 0.354 e. The monoisotopic (exact) mass is 581 g/mol. The minimum absolute atomic E-state index is 0.218. The van der Waals surface area contributed by atoms with Crippen molar-refractivity contribution in [1.82, 2.24) is 10.2 Å². The van der Waals surface area contributed by atoms with E-state index in [4.69, 9.17) is 16.9 Å². The number of hydrogen-bond donors (Lipinski definition) is 1. The topological polar surface area (TPSA) is 107 Å².